The predicted octanol–water partition coefficient (Wildman–Crippen LogP) is 2.63. The number of nitrogens with zero attached hydrogens (tertiary/aromatic N) is 5. The molecule has 1 aliphatic carbocycles. The largest absolute Gasteiger partial charge is 0.351 e. The van der Waals surface area contributed by atoms with E-state index in [0.29, 0.717) is 23.8 Å². The number of amides is 2. The lowest BCUT2D eigenvalue weighted by Crippen LogP contribution is -2.46. The summed E-state index contributed by atoms with van der Waals surface area (Å²) in [5, 5.41) is 10.5. The van der Waals surface area contributed by atoms with Gasteiger partial charge < -0.3 is 25.4 Å². The van der Waals surface area contributed by atoms with Gasteiger partial charge in [0, 0.05) is 82.2 Å². The van der Waals surface area contributed by atoms with Crippen LogP contribution < -0.4 is 16.0 Å². The van der Waals surface area contributed by atoms with Crippen LogP contribution in [0.4, 0.5) is 11.6 Å². The van der Waals surface area contributed by atoms with Crippen LogP contribution in [0.2, 0.25) is 0 Å². The number of carbonyl (C=O) groups excluding carboxylic acids is 2. The molecule has 3 N–H and O–H groups in total. The number of hydrogen-bond donors (Lipinski definition) is 3. The molecule has 10 nitrogen and oxygen atoms in total. The quantitative estimate of drug-likeness (QED) is 0.433. The van der Waals surface area contributed by atoms with Crippen LogP contribution in [0.25, 0.3) is 11.0 Å². The van der Waals surface area contributed by atoms with Gasteiger partial charge in [0.1, 0.15) is 11.3 Å². The maximum absolute atomic E-state index is 12.9. The molecule has 3 heterocycles. The van der Waals surface area contributed by atoms with E-state index in [-0.39, 0.29) is 17.9 Å². The Balaban J connectivity index is 1.27. The van der Waals surface area contributed by atoms with Gasteiger partial charge in [0.25, 0.3) is 11.8 Å². The number of nitrogens with one attached hydrogen (secondary N) is 3. The monoisotopic (exact) mass is 504 g/mol. The van der Waals surface area contributed by atoms with Crippen molar-refractivity contribution in [1.82, 2.24) is 35.0 Å². The lowest BCUT2D eigenvalue weighted by Gasteiger charge is -2.27. The number of anilines is 2. The van der Waals surface area contributed by atoms with Crippen molar-refractivity contribution in [2.75, 3.05) is 58.7 Å². The Morgan fingerprint density at radius 1 is 1.11 bits per heavy atom. The van der Waals surface area contributed by atoms with Gasteiger partial charge in [0.2, 0.25) is 5.95 Å². The van der Waals surface area contributed by atoms with Crippen molar-refractivity contribution in [1.29, 1.82) is 0 Å². The molecule has 10 heteroatoms. The molecule has 1 saturated heterocycles. The van der Waals surface area contributed by atoms with Crippen molar-refractivity contribution in [3.8, 4) is 0 Å². The van der Waals surface area contributed by atoms with Gasteiger partial charge in [-0.15, -0.1) is 0 Å². The molecule has 2 aromatic heterocycles. The summed E-state index contributed by atoms with van der Waals surface area (Å²) in [4.78, 5) is 38.7. The number of hydrogen-bond acceptors (Lipinski definition) is 7. The summed E-state index contributed by atoms with van der Waals surface area (Å²) in [6.07, 6.45) is 6.17. The van der Waals surface area contributed by atoms with Crippen LogP contribution in [0.5, 0.6) is 0 Å². The lowest BCUT2D eigenvalue weighted by molar-refractivity contribution is 0.0815. The fraction of sp³-hybridized carbons (Fsp3) is 0.481. The standard InChI is InChI=1S/C27H36N8O2/c1-33(2)26(37)23-17-20-18-30-27(32-24(20)35(23)22-5-3-4-6-22)31-21-9-7-19(8-10-21)25(36)29-13-16-34-14-11-28-12-15-34/h7-10,17-18,22,28H,3-6,11-16H2,1-2H3,(H,29,36)(H,30,31,32). The van der Waals surface area contributed by atoms with Crippen LogP contribution in [0, 0.1) is 0 Å². The first-order valence-electron chi connectivity index (χ1n) is 13.2. The maximum Gasteiger partial charge on any atom is 0.270 e. The average molecular weight is 505 g/mol. The lowest BCUT2D eigenvalue weighted by atomic mass is 10.2. The molecule has 196 valence electrons. The van der Waals surface area contributed by atoms with Gasteiger partial charge in [-0.1, -0.05) is 12.8 Å². The zero-order chi connectivity index (χ0) is 25.8. The fourth-order valence-electron chi connectivity index (χ4n) is 5.19. The number of benzene rings is 1. The highest BCUT2D eigenvalue weighted by Crippen LogP contribution is 2.35. The normalized spacial score (nSPS) is 16.7. The minimum Gasteiger partial charge on any atom is -0.351 e. The molecular weight excluding hydrogens is 468 g/mol. The minimum atomic E-state index is -0.0770. The molecule has 1 saturated carbocycles. The fourth-order valence-corrected chi connectivity index (χ4v) is 5.19. The summed E-state index contributed by atoms with van der Waals surface area (Å²) in [6.45, 7) is 5.52. The molecule has 37 heavy (non-hydrogen) atoms. The van der Waals surface area contributed by atoms with Crippen molar-refractivity contribution in [3.05, 3.63) is 47.8 Å². The summed E-state index contributed by atoms with van der Waals surface area (Å²) in [7, 11) is 3.54. The van der Waals surface area contributed by atoms with E-state index < -0.39 is 0 Å². The average Bonchev–Trinajstić information content (AvgIpc) is 3.57. The van der Waals surface area contributed by atoms with E-state index in [1.165, 1.54) is 0 Å². The van der Waals surface area contributed by atoms with Gasteiger partial charge in [-0.05, 0) is 43.2 Å². The van der Waals surface area contributed by atoms with Gasteiger partial charge in [0.15, 0.2) is 0 Å². The predicted molar refractivity (Wildman–Crippen MR) is 144 cm³/mol. The molecule has 1 aromatic carbocycles. The number of carbonyl (C=O) groups is 2. The van der Waals surface area contributed by atoms with E-state index in [2.05, 4.69) is 30.4 Å². The van der Waals surface area contributed by atoms with E-state index in [4.69, 9.17) is 4.98 Å². The molecule has 2 fully saturated rings. The second-order valence-electron chi connectivity index (χ2n) is 10.1. The molecule has 1 aliphatic heterocycles. The van der Waals surface area contributed by atoms with Crippen molar-refractivity contribution >= 4 is 34.5 Å². The number of rotatable bonds is 8. The molecule has 0 spiro atoms. The summed E-state index contributed by atoms with van der Waals surface area (Å²) in [5.41, 5.74) is 2.84. The first kappa shape index (κ1) is 25.2. The summed E-state index contributed by atoms with van der Waals surface area (Å²) in [6, 6.07) is 9.48. The van der Waals surface area contributed by atoms with Crippen LogP contribution in [-0.2, 0) is 0 Å². The van der Waals surface area contributed by atoms with Crippen LogP contribution in [0.3, 0.4) is 0 Å². The molecule has 0 unspecified atom stereocenters. The van der Waals surface area contributed by atoms with Crippen LogP contribution >= 0.6 is 0 Å². The third-order valence-corrected chi connectivity index (χ3v) is 7.22. The highest BCUT2D eigenvalue weighted by atomic mass is 16.2. The van der Waals surface area contributed by atoms with Crippen LogP contribution in [0.1, 0.15) is 52.6 Å². The first-order chi connectivity index (χ1) is 18.0. The van der Waals surface area contributed by atoms with Crippen molar-refractivity contribution in [3.63, 3.8) is 0 Å². The second kappa shape index (κ2) is 11.3. The van der Waals surface area contributed by atoms with Crippen molar-refractivity contribution in [2.24, 2.45) is 0 Å². The minimum absolute atomic E-state index is 0.0267. The maximum atomic E-state index is 12.9. The van der Waals surface area contributed by atoms with Gasteiger partial charge in [-0.2, -0.15) is 4.98 Å². The molecule has 2 amide bonds. The molecule has 0 atom stereocenters. The van der Waals surface area contributed by atoms with Crippen LogP contribution in [-0.4, -0.2) is 89.5 Å². The molecular formula is C27H36N8O2. The van der Waals surface area contributed by atoms with Crippen molar-refractivity contribution < 1.29 is 9.59 Å². The molecule has 5 rings (SSSR count). The third kappa shape index (κ3) is 5.75. The Kier molecular flexibility index (Phi) is 7.66. The Labute approximate surface area is 217 Å². The summed E-state index contributed by atoms with van der Waals surface area (Å²) >= 11 is 0. The molecule has 0 radical (unpaired) electrons. The summed E-state index contributed by atoms with van der Waals surface area (Å²) < 4.78 is 2.10. The van der Waals surface area contributed by atoms with Crippen LogP contribution in [0.15, 0.2) is 36.5 Å². The Morgan fingerprint density at radius 2 is 1.84 bits per heavy atom. The second-order valence-corrected chi connectivity index (χ2v) is 10.1. The topological polar surface area (TPSA) is 107 Å². The van der Waals surface area contributed by atoms with Crippen molar-refractivity contribution in [2.45, 2.75) is 31.7 Å². The third-order valence-electron chi connectivity index (χ3n) is 7.22. The SMILES string of the molecule is CN(C)C(=O)c1cc2cnc(Nc3ccc(C(=O)NCCN4CCNCC4)cc3)nc2n1C1CCCC1. The van der Waals surface area contributed by atoms with E-state index >= 15 is 0 Å². The number of aromatic nitrogens is 3. The first-order valence-corrected chi connectivity index (χ1v) is 13.2. The van der Waals surface area contributed by atoms with Gasteiger partial charge in [-0.3, -0.25) is 14.5 Å². The van der Waals surface area contributed by atoms with E-state index in [0.717, 1.165) is 75.1 Å². The summed E-state index contributed by atoms with van der Waals surface area (Å²) in [5.74, 6) is 0.356. The van der Waals surface area contributed by atoms with Gasteiger partial charge >= 0.3 is 0 Å². The molecule has 2 aliphatic rings. The zero-order valence-electron chi connectivity index (χ0n) is 21.7. The zero-order valence-corrected chi connectivity index (χ0v) is 21.7. The molecule has 0 bridgehead atoms. The molecule has 3 aromatic rings. The highest BCUT2D eigenvalue weighted by molar-refractivity contribution is 5.98. The van der Waals surface area contributed by atoms with Gasteiger partial charge in [0.05, 0.1) is 0 Å². The van der Waals surface area contributed by atoms with Gasteiger partial charge in [-0.25, -0.2) is 4.98 Å². The van der Waals surface area contributed by atoms with E-state index in [1.54, 1.807) is 37.3 Å². The van der Waals surface area contributed by atoms with E-state index in [9.17, 15) is 9.59 Å². The Bertz CT molecular complexity index is 1240. The Hall–Kier alpha value is -3.50. The Morgan fingerprint density at radius 3 is 2.54 bits per heavy atom. The van der Waals surface area contributed by atoms with E-state index in [1.807, 2.05) is 18.2 Å². The highest BCUT2D eigenvalue weighted by Gasteiger charge is 2.26. The number of piperazine rings is 1. The smallest absolute Gasteiger partial charge is 0.270 e. The number of fused-ring (bicyclic) bond motifs is 1.